The first kappa shape index (κ1) is 17.6. The second kappa shape index (κ2) is 8.74. The fourth-order valence-corrected chi connectivity index (χ4v) is 2.72. The standard InChI is InChI=1S/C17H27N3O3/c1-14(21)13-19-9-11-20(12-10-19)17(22)18-8-7-15-3-5-16(23-2)6-4-15/h3-6,14,21H,7-13H2,1-2H3,(H,18,22). The van der Waals surface area contributed by atoms with Crippen LogP contribution in [0.1, 0.15) is 12.5 Å². The monoisotopic (exact) mass is 321 g/mol. The van der Waals surface area contributed by atoms with Crippen molar-refractivity contribution >= 4 is 6.03 Å². The molecule has 0 aromatic heterocycles. The third-order valence-corrected chi connectivity index (χ3v) is 4.03. The van der Waals surface area contributed by atoms with E-state index in [1.165, 1.54) is 5.56 Å². The second-order valence-electron chi connectivity index (χ2n) is 5.97. The summed E-state index contributed by atoms with van der Waals surface area (Å²) < 4.78 is 5.13. The number of hydrogen-bond donors (Lipinski definition) is 2. The van der Waals surface area contributed by atoms with E-state index in [0.717, 1.165) is 25.3 Å². The average Bonchev–Trinajstić information content (AvgIpc) is 2.55. The summed E-state index contributed by atoms with van der Waals surface area (Å²) in [5.74, 6) is 0.841. The van der Waals surface area contributed by atoms with Crippen molar-refractivity contribution in [2.75, 3.05) is 46.4 Å². The Bertz CT molecular complexity index is 482. The van der Waals surface area contributed by atoms with Crippen molar-refractivity contribution in [3.63, 3.8) is 0 Å². The number of carbonyl (C=O) groups is 1. The van der Waals surface area contributed by atoms with Crippen molar-refractivity contribution in [3.05, 3.63) is 29.8 Å². The summed E-state index contributed by atoms with van der Waals surface area (Å²) in [4.78, 5) is 16.2. The molecule has 128 valence electrons. The number of urea groups is 1. The summed E-state index contributed by atoms with van der Waals surface area (Å²) in [6.07, 6.45) is 0.484. The van der Waals surface area contributed by atoms with E-state index in [-0.39, 0.29) is 12.1 Å². The number of amides is 2. The van der Waals surface area contributed by atoms with Crippen LogP contribution in [0, 0.1) is 0 Å². The molecule has 1 aromatic carbocycles. The van der Waals surface area contributed by atoms with Crippen LogP contribution in [0.5, 0.6) is 5.75 Å². The van der Waals surface area contributed by atoms with E-state index < -0.39 is 0 Å². The van der Waals surface area contributed by atoms with E-state index >= 15 is 0 Å². The van der Waals surface area contributed by atoms with Crippen LogP contribution in [-0.2, 0) is 6.42 Å². The summed E-state index contributed by atoms with van der Waals surface area (Å²) in [5, 5.41) is 12.4. The molecular formula is C17H27N3O3. The van der Waals surface area contributed by atoms with Crippen LogP contribution in [0.15, 0.2) is 24.3 Å². The smallest absolute Gasteiger partial charge is 0.317 e. The fourth-order valence-electron chi connectivity index (χ4n) is 2.72. The van der Waals surface area contributed by atoms with Gasteiger partial charge in [-0.3, -0.25) is 4.90 Å². The minimum atomic E-state index is -0.320. The molecule has 0 radical (unpaired) electrons. The van der Waals surface area contributed by atoms with Gasteiger partial charge in [-0.2, -0.15) is 0 Å². The molecule has 1 aliphatic heterocycles. The number of benzene rings is 1. The molecule has 1 heterocycles. The number of aliphatic hydroxyl groups excluding tert-OH is 1. The lowest BCUT2D eigenvalue weighted by atomic mass is 10.1. The summed E-state index contributed by atoms with van der Waals surface area (Å²) in [6, 6.07) is 7.88. The highest BCUT2D eigenvalue weighted by Gasteiger charge is 2.21. The van der Waals surface area contributed by atoms with Crippen LogP contribution in [0.4, 0.5) is 4.79 Å². The maximum atomic E-state index is 12.1. The average molecular weight is 321 g/mol. The largest absolute Gasteiger partial charge is 0.497 e. The Morgan fingerprint density at radius 2 is 1.91 bits per heavy atom. The zero-order valence-electron chi connectivity index (χ0n) is 14.0. The highest BCUT2D eigenvalue weighted by Crippen LogP contribution is 2.11. The molecule has 0 bridgehead atoms. The molecule has 1 aromatic rings. The van der Waals surface area contributed by atoms with E-state index in [2.05, 4.69) is 10.2 Å². The van der Waals surface area contributed by atoms with E-state index in [4.69, 9.17) is 4.74 Å². The maximum Gasteiger partial charge on any atom is 0.317 e. The minimum Gasteiger partial charge on any atom is -0.497 e. The van der Waals surface area contributed by atoms with Crippen LogP contribution < -0.4 is 10.1 Å². The van der Waals surface area contributed by atoms with Crippen LogP contribution in [0.2, 0.25) is 0 Å². The predicted molar refractivity (Wildman–Crippen MR) is 89.8 cm³/mol. The molecule has 2 amide bonds. The van der Waals surface area contributed by atoms with Gasteiger partial charge in [-0.15, -0.1) is 0 Å². The van der Waals surface area contributed by atoms with Gasteiger partial charge in [0, 0.05) is 39.3 Å². The van der Waals surface area contributed by atoms with Crippen LogP contribution in [0.3, 0.4) is 0 Å². The van der Waals surface area contributed by atoms with Crippen LogP contribution >= 0.6 is 0 Å². The molecule has 6 heteroatoms. The van der Waals surface area contributed by atoms with Crippen molar-refractivity contribution in [1.29, 1.82) is 0 Å². The van der Waals surface area contributed by atoms with E-state index in [1.807, 2.05) is 29.2 Å². The van der Waals surface area contributed by atoms with Gasteiger partial charge >= 0.3 is 6.03 Å². The number of ether oxygens (including phenoxy) is 1. The third kappa shape index (κ3) is 5.73. The Balaban J connectivity index is 1.67. The first-order valence-electron chi connectivity index (χ1n) is 8.14. The molecule has 1 fully saturated rings. The zero-order chi connectivity index (χ0) is 16.7. The number of nitrogens with one attached hydrogen (secondary N) is 1. The van der Waals surface area contributed by atoms with Gasteiger partial charge in [0.05, 0.1) is 13.2 Å². The van der Waals surface area contributed by atoms with Crippen molar-refractivity contribution < 1.29 is 14.6 Å². The van der Waals surface area contributed by atoms with Gasteiger partial charge in [0.1, 0.15) is 5.75 Å². The van der Waals surface area contributed by atoms with E-state index in [1.54, 1.807) is 14.0 Å². The maximum absolute atomic E-state index is 12.1. The Morgan fingerprint density at radius 1 is 1.26 bits per heavy atom. The van der Waals surface area contributed by atoms with Gasteiger partial charge in [-0.1, -0.05) is 12.1 Å². The lowest BCUT2D eigenvalue weighted by molar-refractivity contribution is 0.0898. The number of piperazine rings is 1. The lowest BCUT2D eigenvalue weighted by Gasteiger charge is -2.35. The quantitative estimate of drug-likeness (QED) is 0.819. The summed E-state index contributed by atoms with van der Waals surface area (Å²) in [5.41, 5.74) is 1.17. The predicted octanol–water partition coefficient (Wildman–Crippen LogP) is 0.946. The van der Waals surface area contributed by atoms with Crippen molar-refractivity contribution in [1.82, 2.24) is 15.1 Å². The number of carbonyl (C=O) groups excluding carboxylic acids is 1. The molecule has 1 unspecified atom stereocenters. The van der Waals surface area contributed by atoms with Gasteiger partial charge in [0.25, 0.3) is 0 Å². The third-order valence-electron chi connectivity index (χ3n) is 4.03. The molecule has 2 N–H and O–H groups in total. The molecular weight excluding hydrogens is 294 g/mol. The SMILES string of the molecule is COc1ccc(CCNC(=O)N2CCN(CC(C)O)CC2)cc1. The molecule has 0 aliphatic carbocycles. The molecule has 1 aliphatic rings. The van der Waals surface area contributed by atoms with E-state index in [0.29, 0.717) is 26.2 Å². The number of hydrogen-bond acceptors (Lipinski definition) is 4. The van der Waals surface area contributed by atoms with Gasteiger partial charge < -0.3 is 20.1 Å². The van der Waals surface area contributed by atoms with Crippen molar-refractivity contribution in [2.24, 2.45) is 0 Å². The number of rotatable bonds is 6. The van der Waals surface area contributed by atoms with Crippen molar-refractivity contribution in [3.8, 4) is 5.75 Å². The van der Waals surface area contributed by atoms with Gasteiger partial charge in [0.15, 0.2) is 0 Å². The topological polar surface area (TPSA) is 65.0 Å². The number of aliphatic hydroxyl groups is 1. The number of β-amino-alcohol motifs (C(OH)–C–C–N with tert-alkyl or cyclic N) is 1. The highest BCUT2D eigenvalue weighted by atomic mass is 16.5. The molecule has 1 atom stereocenters. The van der Waals surface area contributed by atoms with Gasteiger partial charge in [0.2, 0.25) is 0 Å². The fraction of sp³-hybridized carbons (Fsp3) is 0.588. The first-order chi connectivity index (χ1) is 11.1. The Labute approximate surface area is 138 Å². The van der Waals surface area contributed by atoms with E-state index in [9.17, 15) is 9.90 Å². The number of methoxy groups -OCH3 is 1. The lowest BCUT2D eigenvalue weighted by Crippen LogP contribution is -2.53. The van der Waals surface area contributed by atoms with Gasteiger partial charge in [-0.05, 0) is 31.0 Å². The second-order valence-corrected chi connectivity index (χ2v) is 5.97. The van der Waals surface area contributed by atoms with Crippen molar-refractivity contribution in [2.45, 2.75) is 19.4 Å². The van der Waals surface area contributed by atoms with Crippen LogP contribution in [0.25, 0.3) is 0 Å². The summed E-state index contributed by atoms with van der Waals surface area (Å²) in [6.45, 7) is 6.14. The summed E-state index contributed by atoms with van der Waals surface area (Å²) >= 11 is 0. The molecule has 2 rings (SSSR count). The summed E-state index contributed by atoms with van der Waals surface area (Å²) in [7, 11) is 1.65. The molecule has 23 heavy (non-hydrogen) atoms. The molecule has 1 saturated heterocycles. The molecule has 0 saturated carbocycles. The normalized spacial score (nSPS) is 16.9. The Morgan fingerprint density at radius 3 is 2.48 bits per heavy atom. The molecule has 0 spiro atoms. The van der Waals surface area contributed by atoms with Crippen LogP contribution in [-0.4, -0.2) is 73.4 Å². The number of nitrogens with zero attached hydrogens (tertiary/aromatic N) is 2. The zero-order valence-corrected chi connectivity index (χ0v) is 14.0. The Kier molecular flexibility index (Phi) is 6.67. The van der Waals surface area contributed by atoms with Gasteiger partial charge in [-0.25, -0.2) is 4.79 Å². The first-order valence-corrected chi connectivity index (χ1v) is 8.14. The molecule has 6 nitrogen and oxygen atoms in total. The Hall–Kier alpha value is -1.79. The highest BCUT2D eigenvalue weighted by molar-refractivity contribution is 5.74. The minimum absolute atomic E-state index is 0.00444.